The molecule has 1 amide bonds. The van der Waals surface area contributed by atoms with Gasteiger partial charge in [-0.15, -0.1) is 11.8 Å². The second-order valence-corrected chi connectivity index (χ2v) is 7.08. The molecule has 0 saturated carbocycles. The van der Waals surface area contributed by atoms with Crippen LogP contribution < -0.4 is 5.32 Å². The van der Waals surface area contributed by atoms with Crippen LogP contribution in [-0.4, -0.2) is 11.2 Å². The molecule has 116 valence electrons. The highest BCUT2D eigenvalue weighted by Crippen LogP contribution is 2.28. The molecule has 1 N–H and O–H groups in total. The van der Waals surface area contributed by atoms with Crippen LogP contribution in [0.4, 0.5) is 14.5 Å². The molecule has 1 atom stereocenters. The number of rotatable bonds is 4. The van der Waals surface area contributed by atoms with Gasteiger partial charge in [-0.25, -0.2) is 8.78 Å². The molecule has 0 saturated heterocycles. The van der Waals surface area contributed by atoms with E-state index in [4.69, 9.17) is 0 Å². The zero-order valence-electron chi connectivity index (χ0n) is 12.0. The minimum absolute atomic E-state index is 0.209. The lowest BCUT2D eigenvalue weighted by Gasteiger charge is -2.13. The molecular weight excluding hydrogens is 372 g/mol. The highest BCUT2D eigenvalue weighted by atomic mass is 79.9. The second-order valence-electron chi connectivity index (χ2n) is 4.81. The van der Waals surface area contributed by atoms with Gasteiger partial charge in [-0.3, -0.25) is 4.79 Å². The Hall–Kier alpha value is -1.40. The molecule has 2 aromatic rings. The highest BCUT2D eigenvalue weighted by molar-refractivity contribution is 9.10. The number of aryl methyl sites for hydroxylation is 1. The average molecular weight is 386 g/mol. The van der Waals surface area contributed by atoms with E-state index < -0.39 is 16.9 Å². The monoisotopic (exact) mass is 385 g/mol. The number of nitrogens with one attached hydrogen (secondary N) is 1. The number of hydrogen-bond donors (Lipinski definition) is 1. The Morgan fingerprint density at radius 2 is 1.91 bits per heavy atom. The van der Waals surface area contributed by atoms with Crippen LogP contribution in [0.5, 0.6) is 0 Å². The summed E-state index contributed by atoms with van der Waals surface area (Å²) in [5.41, 5.74) is 1.75. The standard InChI is InChI=1S/C16H14BrF2NOS/c1-9-3-6-15(12(17)7-9)20-16(21)10(2)22-11-4-5-13(18)14(19)8-11/h3-8,10H,1-2H3,(H,20,21)/t10-/m1/s1. The van der Waals surface area contributed by atoms with Gasteiger partial charge in [0.15, 0.2) is 11.6 Å². The highest BCUT2D eigenvalue weighted by Gasteiger charge is 2.16. The first kappa shape index (κ1) is 17.0. The van der Waals surface area contributed by atoms with Gasteiger partial charge in [-0.1, -0.05) is 6.07 Å². The lowest BCUT2D eigenvalue weighted by molar-refractivity contribution is -0.115. The summed E-state index contributed by atoms with van der Waals surface area (Å²) in [4.78, 5) is 12.7. The van der Waals surface area contributed by atoms with Gasteiger partial charge < -0.3 is 5.32 Å². The molecule has 2 nitrogen and oxygen atoms in total. The summed E-state index contributed by atoms with van der Waals surface area (Å²) in [5.74, 6) is -2.02. The number of hydrogen-bond acceptors (Lipinski definition) is 2. The first-order chi connectivity index (χ1) is 10.4. The molecule has 0 heterocycles. The van der Waals surface area contributed by atoms with E-state index in [1.165, 1.54) is 17.8 Å². The molecule has 0 bridgehead atoms. The van der Waals surface area contributed by atoms with Crippen LogP contribution >= 0.6 is 27.7 Å². The number of anilines is 1. The zero-order valence-corrected chi connectivity index (χ0v) is 14.4. The van der Waals surface area contributed by atoms with Crippen molar-refractivity contribution in [2.24, 2.45) is 0 Å². The molecule has 0 aliphatic carbocycles. The maximum atomic E-state index is 13.2. The lowest BCUT2D eigenvalue weighted by Crippen LogP contribution is -2.22. The van der Waals surface area contributed by atoms with Crippen molar-refractivity contribution in [2.75, 3.05) is 5.32 Å². The van der Waals surface area contributed by atoms with Crippen molar-refractivity contribution in [3.8, 4) is 0 Å². The number of carbonyl (C=O) groups excluding carboxylic acids is 1. The first-order valence-electron chi connectivity index (χ1n) is 6.55. The van der Waals surface area contributed by atoms with Crippen molar-refractivity contribution in [3.05, 3.63) is 58.1 Å². The zero-order chi connectivity index (χ0) is 16.3. The molecule has 0 radical (unpaired) electrons. The SMILES string of the molecule is Cc1ccc(NC(=O)[C@@H](C)Sc2ccc(F)c(F)c2)c(Br)c1. The molecule has 0 aliphatic rings. The summed E-state index contributed by atoms with van der Waals surface area (Å²) in [6, 6.07) is 9.21. The van der Waals surface area contributed by atoms with Crippen LogP contribution in [0.3, 0.4) is 0 Å². The van der Waals surface area contributed by atoms with Gasteiger partial charge in [-0.2, -0.15) is 0 Å². The Balaban J connectivity index is 2.04. The topological polar surface area (TPSA) is 29.1 Å². The van der Waals surface area contributed by atoms with Gasteiger partial charge in [-0.05, 0) is 65.7 Å². The number of benzene rings is 2. The van der Waals surface area contributed by atoms with Crippen LogP contribution in [0.15, 0.2) is 45.8 Å². The average Bonchev–Trinajstić information content (AvgIpc) is 2.45. The van der Waals surface area contributed by atoms with E-state index in [0.717, 1.165) is 22.2 Å². The van der Waals surface area contributed by atoms with Crippen LogP contribution in [0.1, 0.15) is 12.5 Å². The Labute approximate surface area is 140 Å². The predicted octanol–water partition coefficient (Wildman–Crippen LogP) is 5.16. The van der Waals surface area contributed by atoms with Crippen molar-refractivity contribution in [1.29, 1.82) is 0 Å². The van der Waals surface area contributed by atoms with Crippen LogP contribution in [0.25, 0.3) is 0 Å². The molecule has 0 unspecified atom stereocenters. The van der Waals surface area contributed by atoms with Crippen molar-refractivity contribution >= 4 is 39.3 Å². The number of amides is 1. The third-order valence-corrected chi connectivity index (χ3v) is 4.71. The molecule has 2 aromatic carbocycles. The summed E-state index contributed by atoms with van der Waals surface area (Å²) in [7, 11) is 0. The largest absolute Gasteiger partial charge is 0.324 e. The Morgan fingerprint density at radius 1 is 1.18 bits per heavy atom. The molecule has 0 aliphatic heterocycles. The predicted molar refractivity (Wildman–Crippen MR) is 89.2 cm³/mol. The summed E-state index contributed by atoms with van der Waals surface area (Å²) in [5, 5.41) is 2.36. The van der Waals surface area contributed by atoms with Crippen molar-refractivity contribution in [2.45, 2.75) is 24.0 Å². The maximum Gasteiger partial charge on any atom is 0.237 e. The van der Waals surface area contributed by atoms with E-state index in [0.29, 0.717) is 10.6 Å². The van der Waals surface area contributed by atoms with Gasteiger partial charge in [0.2, 0.25) is 5.91 Å². The van der Waals surface area contributed by atoms with Gasteiger partial charge >= 0.3 is 0 Å². The fourth-order valence-corrected chi connectivity index (χ4v) is 3.25. The summed E-state index contributed by atoms with van der Waals surface area (Å²) in [6.07, 6.45) is 0. The van der Waals surface area contributed by atoms with Crippen LogP contribution in [0, 0.1) is 18.6 Å². The van der Waals surface area contributed by atoms with E-state index in [1.54, 1.807) is 6.92 Å². The van der Waals surface area contributed by atoms with E-state index >= 15 is 0 Å². The van der Waals surface area contributed by atoms with Gasteiger partial charge in [0.1, 0.15) is 0 Å². The van der Waals surface area contributed by atoms with E-state index in [9.17, 15) is 13.6 Å². The minimum atomic E-state index is -0.918. The fourth-order valence-electron chi connectivity index (χ4n) is 1.76. The van der Waals surface area contributed by atoms with Gasteiger partial charge in [0.05, 0.1) is 10.9 Å². The first-order valence-corrected chi connectivity index (χ1v) is 8.23. The van der Waals surface area contributed by atoms with Crippen molar-refractivity contribution in [1.82, 2.24) is 0 Å². The second kappa shape index (κ2) is 7.24. The van der Waals surface area contributed by atoms with Gasteiger partial charge in [0.25, 0.3) is 0 Å². The van der Waals surface area contributed by atoms with E-state index in [1.807, 2.05) is 25.1 Å². The van der Waals surface area contributed by atoms with Crippen molar-refractivity contribution < 1.29 is 13.6 Å². The molecule has 0 fully saturated rings. The molecule has 0 aromatic heterocycles. The van der Waals surface area contributed by atoms with Gasteiger partial charge in [0, 0.05) is 9.37 Å². The third-order valence-electron chi connectivity index (χ3n) is 2.96. The summed E-state index contributed by atoms with van der Waals surface area (Å²) in [6.45, 7) is 3.67. The number of carbonyl (C=O) groups is 1. The van der Waals surface area contributed by atoms with E-state index in [2.05, 4.69) is 21.2 Å². The Morgan fingerprint density at radius 3 is 2.55 bits per heavy atom. The Bertz CT molecular complexity index is 709. The summed E-state index contributed by atoms with van der Waals surface area (Å²) < 4.78 is 26.9. The quantitative estimate of drug-likeness (QED) is 0.736. The molecule has 2 rings (SSSR count). The number of thioether (sulfide) groups is 1. The smallest absolute Gasteiger partial charge is 0.237 e. The van der Waals surface area contributed by atoms with Crippen LogP contribution in [0.2, 0.25) is 0 Å². The molecular formula is C16H14BrF2NOS. The molecule has 0 spiro atoms. The fraction of sp³-hybridized carbons (Fsp3) is 0.188. The number of halogens is 3. The third kappa shape index (κ3) is 4.30. The van der Waals surface area contributed by atoms with Crippen molar-refractivity contribution in [3.63, 3.8) is 0 Å². The maximum absolute atomic E-state index is 13.2. The van der Waals surface area contributed by atoms with E-state index in [-0.39, 0.29) is 5.91 Å². The lowest BCUT2D eigenvalue weighted by atomic mass is 10.2. The molecule has 22 heavy (non-hydrogen) atoms. The normalized spacial score (nSPS) is 12.0. The van der Waals surface area contributed by atoms with Crippen LogP contribution in [-0.2, 0) is 4.79 Å². The summed E-state index contributed by atoms with van der Waals surface area (Å²) >= 11 is 4.57. The molecule has 6 heteroatoms. The Kier molecular flexibility index (Phi) is 5.58. The minimum Gasteiger partial charge on any atom is -0.324 e.